The van der Waals surface area contributed by atoms with E-state index in [-0.39, 0.29) is 0 Å². The van der Waals surface area contributed by atoms with Gasteiger partial charge < -0.3 is 4.23 Å². The number of aryl methyl sites for hydroxylation is 2. The maximum absolute atomic E-state index is 2.31. The first-order valence-corrected chi connectivity index (χ1v) is 3.70. The van der Waals surface area contributed by atoms with E-state index in [9.17, 15) is 0 Å². The average Bonchev–Trinajstić information content (AvgIpc) is 1.98. The van der Waals surface area contributed by atoms with E-state index in [4.69, 9.17) is 0 Å². The van der Waals surface area contributed by atoms with E-state index in [1.807, 2.05) is 0 Å². The zero-order valence-corrected chi connectivity index (χ0v) is 7.60. The molecule has 44 valence electrons. The van der Waals surface area contributed by atoms with E-state index in [2.05, 4.69) is 30.2 Å². The molecule has 0 bridgehead atoms. The van der Waals surface area contributed by atoms with Gasteiger partial charge in [-0.1, -0.05) is 0 Å². The van der Waals surface area contributed by atoms with Gasteiger partial charge in [0.1, 0.15) is 10.4 Å². The minimum atomic E-state index is 1.12. The zero-order valence-electron chi connectivity index (χ0n) is 5.60. The fourth-order valence-electron chi connectivity index (χ4n) is 0.743. The average molecular weight is 125 g/mol. The summed E-state index contributed by atoms with van der Waals surface area (Å²) in [6.45, 7) is 4.28. The first kappa shape index (κ1) is 5.63. The standard InChI is InChI=1S/C6H11NSi/c1-5-3-4-6(2)7(5)8/h3-4H,1-2,8H3. The van der Waals surface area contributed by atoms with E-state index in [0.29, 0.717) is 0 Å². The molecule has 1 aromatic rings. The highest BCUT2D eigenvalue weighted by Gasteiger charge is 1.90. The molecule has 0 saturated heterocycles. The lowest BCUT2D eigenvalue weighted by molar-refractivity contribution is 1.09. The Kier molecular flexibility index (Phi) is 1.25. The summed E-state index contributed by atoms with van der Waals surface area (Å²) in [4.78, 5) is 0. The van der Waals surface area contributed by atoms with Crippen molar-refractivity contribution in [2.75, 3.05) is 0 Å². The van der Waals surface area contributed by atoms with Gasteiger partial charge in [-0.05, 0) is 26.0 Å². The normalized spacial score (nSPS) is 10.2. The molecule has 8 heavy (non-hydrogen) atoms. The molecule has 0 N–H and O–H groups in total. The minimum absolute atomic E-state index is 1.12. The van der Waals surface area contributed by atoms with E-state index in [0.717, 1.165) is 10.4 Å². The van der Waals surface area contributed by atoms with Crippen molar-refractivity contribution in [2.45, 2.75) is 13.8 Å². The number of hydrogen-bond donors (Lipinski definition) is 0. The third kappa shape index (κ3) is 0.712. The molecule has 0 fully saturated rings. The Balaban J connectivity index is 3.19. The molecule has 0 radical (unpaired) electrons. The maximum Gasteiger partial charge on any atom is 0.113 e. The number of rotatable bonds is 0. The summed E-state index contributed by atoms with van der Waals surface area (Å²) in [5.74, 6) is 0. The number of nitrogens with zero attached hydrogens (tertiary/aromatic N) is 1. The van der Waals surface area contributed by atoms with E-state index >= 15 is 0 Å². The third-order valence-electron chi connectivity index (χ3n) is 1.62. The summed E-state index contributed by atoms with van der Waals surface area (Å²) in [6, 6.07) is 4.31. The van der Waals surface area contributed by atoms with Gasteiger partial charge in [-0.2, -0.15) is 0 Å². The van der Waals surface area contributed by atoms with Crippen LogP contribution < -0.4 is 0 Å². The van der Waals surface area contributed by atoms with Crippen LogP contribution in [0.1, 0.15) is 11.4 Å². The van der Waals surface area contributed by atoms with Crippen molar-refractivity contribution in [1.29, 1.82) is 0 Å². The molecule has 0 spiro atoms. The second kappa shape index (κ2) is 1.78. The van der Waals surface area contributed by atoms with Crippen molar-refractivity contribution in [3.63, 3.8) is 0 Å². The summed E-state index contributed by atoms with van der Waals surface area (Å²) in [7, 11) is 1.12. The van der Waals surface area contributed by atoms with Crippen LogP contribution in [0.4, 0.5) is 0 Å². The Morgan fingerprint density at radius 3 is 1.75 bits per heavy atom. The molecule has 0 aliphatic heterocycles. The summed E-state index contributed by atoms with van der Waals surface area (Å²) in [5, 5.41) is 0. The molecular weight excluding hydrogens is 114 g/mol. The lowest BCUT2D eigenvalue weighted by Crippen LogP contribution is -1.94. The van der Waals surface area contributed by atoms with Crippen LogP contribution in [0.5, 0.6) is 0 Å². The first-order valence-electron chi connectivity index (χ1n) is 2.81. The Labute approximate surface area is 52.8 Å². The van der Waals surface area contributed by atoms with Crippen molar-refractivity contribution in [2.24, 2.45) is 0 Å². The van der Waals surface area contributed by atoms with Crippen LogP contribution in [0.2, 0.25) is 0 Å². The summed E-state index contributed by atoms with van der Waals surface area (Å²) in [5.41, 5.74) is 2.77. The Morgan fingerprint density at radius 2 is 1.62 bits per heavy atom. The lowest BCUT2D eigenvalue weighted by Gasteiger charge is -1.96. The Hall–Kier alpha value is -0.503. The molecule has 0 aliphatic rings. The third-order valence-corrected chi connectivity index (χ3v) is 3.03. The first-order chi connectivity index (χ1) is 3.72. The van der Waals surface area contributed by atoms with Gasteiger partial charge in [0.05, 0.1) is 0 Å². The van der Waals surface area contributed by atoms with E-state index < -0.39 is 0 Å². The SMILES string of the molecule is Cc1ccc(C)n1[SiH3]. The van der Waals surface area contributed by atoms with Gasteiger partial charge in [-0.3, -0.25) is 0 Å². The number of aromatic nitrogens is 1. The molecule has 0 unspecified atom stereocenters. The molecule has 1 heterocycles. The van der Waals surface area contributed by atoms with Crippen LogP contribution in [0.3, 0.4) is 0 Å². The smallest absolute Gasteiger partial charge is 0.113 e. The van der Waals surface area contributed by atoms with Crippen LogP contribution in [-0.2, 0) is 0 Å². The van der Waals surface area contributed by atoms with Gasteiger partial charge in [0.15, 0.2) is 0 Å². The van der Waals surface area contributed by atoms with Gasteiger partial charge >= 0.3 is 0 Å². The van der Waals surface area contributed by atoms with Crippen LogP contribution in [0, 0.1) is 13.8 Å². The van der Waals surface area contributed by atoms with Gasteiger partial charge in [0.2, 0.25) is 0 Å². The molecule has 1 aromatic heterocycles. The van der Waals surface area contributed by atoms with Crippen LogP contribution in [0.15, 0.2) is 12.1 Å². The van der Waals surface area contributed by atoms with Gasteiger partial charge in [-0.25, -0.2) is 0 Å². The molecular formula is C6H11NSi. The van der Waals surface area contributed by atoms with Gasteiger partial charge in [0, 0.05) is 11.4 Å². The molecule has 1 nitrogen and oxygen atoms in total. The highest BCUT2D eigenvalue weighted by molar-refractivity contribution is 6.07. The molecule has 0 atom stereocenters. The van der Waals surface area contributed by atoms with Gasteiger partial charge in [0.25, 0.3) is 0 Å². The van der Waals surface area contributed by atoms with Crippen molar-refractivity contribution >= 4 is 10.4 Å². The predicted octanol–water partition coefficient (Wildman–Crippen LogP) is 0.233. The number of hydrogen-bond acceptors (Lipinski definition) is 0. The second-order valence-electron chi connectivity index (χ2n) is 2.18. The molecule has 0 aromatic carbocycles. The monoisotopic (exact) mass is 125 g/mol. The van der Waals surface area contributed by atoms with Crippen molar-refractivity contribution in [1.82, 2.24) is 4.23 Å². The van der Waals surface area contributed by atoms with Crippen LogP contribution in [0.25, 0.3) is 0 Å². The molecule has 0 saturated carbocycles. The second-order valence-corrected chi connectivity index (χ2v) is 3.07. The van der Waals surface area contributed by atoms with Crippen molar-refractivity contribution in [3.05, 3.63) is 23.5 Å². The summed E-state index contributed by atoms with van der Waals surface area (Å²) >= 11 is 0. The fourth-order valence-corrected chi connectivity index (χ4v) is 1.04. The topological polar surface area (TPSA) is 4.93 Å². The Morgan fingerprint density at radius 1 is 1.25 bits per heavy atom. The van der Waals surface area contributed by atoms with Crippen molar-refractivity contribution in [3.8, 4) is 0 Å². The minimum Gasteiger partial charge on any atom is -0.385 e. The highest BCUT2D eigenvalue weighted by Crippen LogP contribution is 2.01. The molecule has 2 heteroatoms. The van der Waals surface area contributed by atoms with E-state index in [1.165, 1.54) is 11.4 Å². The van der Waals surface area contributed by atoms with E-state index in [1.54, 1.807) is 0 Å². The lowest BCUT2D eigenvalue weighted by atomic mass is 10.5. The Bertz CT molecular complexity index is 171. The zero-order chi connectivity index (χ0) is 6.15. The largest absolute Gasteiger partial charge is 0.385 e. The highest BCUT2D eigenvalue weighted by atomic mass is 28.2. The molecule has 1 rings (SSSR count). The van der Waals surface area contributed by atoms with Crippen LogP contribution >= 0.6 is 0 Å². The molecule has 0 amide bonds. The fraction of sp³-hybridized carbons (Fsp3) is 0.333. The summed E-state index contributed by atoms with van der Waals surface area (Å²) in [6.07, 6.45) is 0. The van der Waals surface area contributed by atoms with Crippen molar-refractivity contribution < 1.29 is 0 Å². The quantitative estimate of drug-likeness (QED) is 0.438. The van der Waals surface area contributed by atoms with Gasteiger partial charge in [-0.15, -0.1) is 0 Å². The maximum atomic E-state index is 2.31. The molecule has 0 aliphatic carbocycles. The summed E-state index contributed by atoms with van der Waals surface area (Å²) < 4.78 is 2.31. The van der Waals surface area contributed by atoms with Crippen LogP contribution in [-0.4, -0.2) is 14.6 Å². The predicted molar refractivity (Wildman–Crippen MR) is 39.2 cm³/mol.